The van der Waals surface area contributed by atoms with Crippen LogP contribution in [0.2, 0.25) is 0 Å². The fourth-order valence-corrected chi connectivity index (χ4v) is 2.90. The summed E-state index contributed by atoms with van der Waals surface area (Å²) in [6.07, 6.45) is 2.70. The van der Waals surface area contributed by atoms with Crippen LogP contribution in [0.25, 0.3) is 0 Å². The van der Waals surface area contributed by atoms with Gasteiger partial charge in [-0.15, -0.1) is 5.10 Å². The molecule has 0 unspecified atom stereocenters. The van der Waals surface area contributed by atoms with Crippen LogP contribution in [0.1, 0.15) is 11.1 Å². The molecule has 2 aromatic rings. The minimum atomic E-state index is -3.78. The third-order valence-corrected chi connectivity index (χ3v) is 4.09. The highest BCUT2D eigenvalue weighted by atomic mass is 32.2. The molecule has 0 saturated carbocycles. The first-order valence-electron chi connectivity index (χ1n) is 5.43. The molecule has 0 amide bonds. The van der Waals surface area contributed by atoms with Crippen LogP contribution in [0.4, 0.5) is 11.6 Å². The molecular weight excluding hydrogens is 266 g/mol. The molecule has 2 rings (SSSR count). The number of sulfonamides is 1. The lowest BCUT2D eigenvalue weighted by molar-refractivity contribution is 0.600. The number of nitrogen functional groups attached to an aromatic ring is 1. The molecule has 7 nitrogen and oxygen atoms in total. The van der Waals surface area contributed by atoms with Crippen molar-refractivity contribution in [2.45, 2.75) is 18.7 Å². The third kappa shape index (κ3) is 2.79. The Balaban J connectivity index is 2.46. The fourth-order valence-electron chi connectivity index (χ4n) is 1.60. The molecule has 0 aliphatic rings. The van der Waals surface area contributed by atoms with E-state index in [1.165, 1.54) is 18.5 Å². The van der Waals surface area contributed by atoms with Gasteiger partial charge >= 0.3 is 0 Å². The molecule has 0 saturated heterocycles. The van der Waals surface area contributed by atoms with Crippen molar-refractivity contribution in [1.82, 2.24) is 15.2 Å². The highest BCUT2D eigenvalue weighted by molar-refractivity contribution is 7.92. The Morgan fingerprint density at radius 3 is 2.58 bits per heavy atom. The number of nitrogens with one attached hydrogen (secondary N) is 1. The maximum Gasteiger partial charge on any atom is 0.264 e. The van der Waals surface area contributed by atoms with Gasteiger partial charge in [0.2, 0.25) is 0 Å². The SMILES string of the molecule is Cc1cc(N)cc(S(=O)(=O)Nc2nccnn2)c1C. The van der Waals surface area contributed by atoms with Gasteiger partial charge in [0.25, 0.3) is 16.0 Å². The maximum atomic E-state index is 12.3. The van der Waals surface area contributed by atoms with Crippen LogP contribution in [0, 0.1) is 13.8 Å². The van der Waals surface area contributed by atoms with E-state index in [0.29, 0.717) is 11.3 Å². The smallest absolute Gasteiger partial charge is 0.264 e. The number of rotatable bonds is 3. The number of hydrogen-bond acceptors (Lipinski definition) is 6. The molecule has 1 aromatic carbocycles. The Morgan fingerprint density at radius 2 is 1.95 bits per heavy atom. The fraction of sp³-hybridized carbons (Fsp3) is 0.182. The predicted octanol–water partition coefficient (Wildman–Crippen LogP) is 0.871. The van der Waals surface area contributed by atoms with Gasteiger partial charge < -0.3 is 5.73 Å². The Labute approximate surface area is 110 Å². The van der Waals surface area contributed by atoms with Gasteiger partial charge in [-0.05, 0) is 37.1 Å². The molecule has 1 aromatic heterocycles. The van der Waals surface area contributed by atoms with Crippen molar-refractivity contribution >= 4 is 21.7 Å². The number of aryl methyl sites for hydroxylation is 1. The second-order valence-corrected chi connectivity index (χ2v) is 5.68. The molecule has 0 aliphatic heterocycles. The van der Waals surface area contributed by atoms with Crippen molar-refractivity contribution in [3.63, 3.8) is 0 Å². The zero-order valence-corrected chi connectivity index (χ0v) is 11.3. The number of nitrogens with zero attached hydrogens (tertiary/aromatic N) is 3. The molecule has 100 valence electrons. The first-order chi connectivity index (χ1) is 8.90. The molecule has 3 N–H and O–H groups in total. The van der Waals surface area contributed by atoms with E-state index in [1.54, 1.807) is 19.9 Å². The van der Waals surface area contributed by atoms with E-state index in [2.05, 4.69) is 19.9 Å². The Hall–Kier alpha value is -2.22. The highest BCUT2D eigenvalue weighted by Gasteiger charge is 2.19. The van der Waals surface area contributed by atoms with Gasteiger partial charge in [-0.1, -0.05) is 0 Å². The minimum absolute atomic E-state index is 0.0815. The second-order valence-electron chi connectivity index (χ2n) is 4.03. The molecular formula is C11H13N5O2S. The van der Waals surface area contributed by atoms with Gasteiger partial charge in [0.15, 0.2) is 0 Å². The summed E-state index contributed by atoms with van der Waals surface area (Å²) in [7, 11) is -3.78. The van der Waals surface area contributed by atoms with E-state index in [0.717, 1.165) is 5.56 Å². The van der Waals surface area contributed by atoms with Gasteiger partial charge in [0.1, 0.15) is 0 Å². The van der Waals surface area contributed by atoms with Crippen LogP contribution >= 0.6 is 0 Å². The second kappa shape index (κ2) is 4.81. The summed E-state index contributed by atoms with van der Waals surface area (Å²) in [5.41, 5.74) is 7.50. The highest BCUT2D eigenvalue weighted by Crippen LogP contribution is 2.23. The van der Waals surface area contributed by atoms with Crippen molar-refractivity contribution in [2.24, 2.45) is 0 Å². The molecule has 8 heteroatoms. The molecule has 0 spiro atoms. The summed E-state index contributed by atoms with van der Waals surface area (Å²) in [5, 5.41) is 7.14. The summed E-state index contributed by atoms with van der Waals surface area (Å²) in [5.74, 6) is -0.0815. The lowest BCUT2D eigenvalue weighted by atomic mass is 10.1. The Bertz CT molecular complexity index is 701. The van der Waals surface area contributed by atoms with E-state index >= 15 is 0 Å². The van der Waals surface area contributed by atoms with Crippen molar-refractivity contribution in [2.75, 3.05) is 10.5 Å². The molecule has 19 heavy (non-hydrogen) atoms. The van der Waals surface area contributed by atoms with Crippen LogP contribution < -0.4 is 10.5 Å². The molecule has 0 radical (unpaired) electrons. The van der Waals surface area contributed by atoms with Gasteiger partial charge in [0.05, 0.1) is 17.3 Å². The molecule has 0 bridgehead atoms. The van der Waals surface area contributed by atoms with Gasteiger partial charge in [-0.3, -0.25) is 0 Å². The van der Waals surface area contributed by atoms with Crippen LogP contribution in [-0.4, -0.2) is 23.6 Å². The summed E-state index contributed by atoms with van der Waals surface area (Å²) < 4.78 is 26.8. The van der Waals surface area contributed by atoms with E-state index in [4.69, 9.17) is 5.73 Å². The van der Waals surface area contributed by atoms with E-state index in [-0.39, 0.29) is 10.8 Å². The number of benzene rings is 1. The first-order valence-corrected chi connectivity index (χ1v) is 6.92. The van der Waals surface area contributed by atoms with Crippen molar-refractivity contribution in [3.05, 3.63) is 35.7 Å². The average molecular weight is 279 g/mol. The van der Waals surface area contributed by atoms with Crippen LogP contribution in [0.15, 0.2) is 29.4 Å². The van der Waals surface area contributed by atoms with Crippen LogP contribution in [0.3, 0.4) is 0 Å². The third-order valence-electron chi connectivity index (χ3n) is 2.64. The lowest BCUT2D eigenvalue weighted by Gasteiger charge is -2.11. The molecule has 0 aliphatic carbocycles. The van der Waals surface area contributed by atoms with E-state index in [9.17, 15) is 8.42 Å². The topological polar surface area (TPSA) is 111 Å². The number of hydrogen-bond donors (Lipinski definition) is 2. The summed E-state index contributed by atoms with van der Waals surface area (Å²) >= 11 is 0. The minimum Gasteiger partial charge on any atom is -0.399 e. The zero-order chi connectivity index (χ0) is 14.0. The van der Waals surface area contributed by atoms with Crippen molar-refractivity contribution in [1.29, 1.82) is 0 Å². The monoisotopic (exact) mass is 279 g/mol. The average Bonchev–Trinajstić information content (AvgIpc) is 2.34. The summed E-state index contributed by atoms with van der Waals surface area (Å²) in [4.78, 5) is 3.88. The zero-order valence-electron chi connectivity index (χ0n) is 10.5. The molecule has 1 heterocycles. The predicted molar refractivity (Wildman–Crippen MR) is 71.0 cm³/mol. The van der Waals surface area contributed by atoms with Gasteiger partial charge in [-0.2, -0.15) is 5.10 Å². The number of aromatic nitrogens is 3. The van der Waals surface area contributed by atoms with Crippen molar-refractivity contribution in [3.8, 4) is 0 Å². The number of anilines is 2. The van der Waals surface area contributed by atoms with Crippen molar-refractivity contribution < 1.29 is 8.42 Å². The summed E-state index contributed by atoms with van der Waals surface area (Å²) in [6.45, 7) is 3.51. The van der Waals surface area contributed by atoms with Gasteiger partial charge in [0, 0.05) is 5.69 Å². The standard InChI is InChI=1S/C11H13N5O2S/c1-7-5-9(12)6-10(8(7)2)19(17,18)16-11-13-3-4-14-15-11/h3-6H,12H2,1-2H3,(H,13,15,16). The maximum absolute atomic E-state index is 12.3. The number of nitrogens with two attached hydrogens (primary N) is 1. The Kier molecular flexibility index (Phi) is 3.34. The van der Waals surface area contributed by atoms with Gasteiger partial charge in [-0.25, -0.2) is 18.1 Å². The molecule has 0 atom stereocenters. The molecule has 0 fully saturated rings. The lowest BCUT2D eigenvalue weighted by Crippen LogP contribution is -2.17. The van der Waals surface area contributed by atoms with E-state index in [1.807, 2.05) is 0 Å². The van der Waals surface area contributed by atoms with Crippen LogP contribution in [0.5, 0.6) is 0 Å². The quantitative estimate of drug-likeness (QED) is 0.806. The summed E-state index contributed by atoms with van der Waals surface area (Å²) in [6, 6.07) is 3.12. The normalized spacial score (nSPS) is 11.3. The first kappa shape index (κ1) is 13.2. The largest absolute Gasteiger partial charge is 0.399 e. The van der Waals surface area contributed by atoms with E-state index < -0.39 is 10.0 Å². The van der Waals surface area contributed by atoms with Crippen LogP contribution in [-0.2, 0) is 10.0 Å². The Morgan fingerprint density at radius 1 is 1.21 bits per heavy atom.